The number of alkyl halides is 1. The van der Waals surface area contributed by atoms with Crippen molar-refractivity contribution >= 4 is 38.0 Å². The van der Waals surface area contributed by atoms with Crippen LogP contribution >= 0.6 is 27.3 Å². The molecule has 0 amide bonds. The van der Waals surface area contributed by atoms with Crippen molar-refractivity contribution in [1.82, 2.24) is 0 Å². The zero-order chi connectivity index (χ0) is 14.6. The van der Waals surface area contributed by atoms with E-state index in [0.29, 0.717) is 4.83 Å². The largest absolute Gasteiger partial charge is 0.144 e. The summed E-state index contributed by atoms with van der Waals surface area (Å²) in [5.74, 6) is 0. The van der Waals surface area contributed by atoms with Crippen LogP contribution in [-0.2, 0) is 12.8 Å². The molecule has 0 fully saturated rings. The lowest BCUT2D eigenvalue weighted by Gasteiger charge is -2.13. The summed E-state index contributed by atoms with van der Waals surface area (Å²) in [6.45, 7) is 4.40. The van der Waals surface area contributed by atoms with Crippen molar-refractivity contribution < 1.29 is 0 Å². The van der Waals surface area contributed by atoms with Gasteiger partial charge in [-0.15, -0.1) is 11.3 Å². The van der Waals surface area contributed by atoms with Crippen LogP contribution in [0.15, 0.2) is 36.4 Å². The van der Waals surface area contributed by atoms with Gasteiger partial charge in [-0.25, -0.2) is 0 Å². The molecule has 0 radical (unpaired) electrons. The average molecular weight is 357 g/mol. The van der Waals surface area contributed by atoms with E-state index in [-0.39, 0.29) is 0 Å². The van der Waals surface area contributed by atoms with Gasteiger partial charge in [0.2, 0.25) is 0 Å². The highest BCUT2D eigenvalue weighted by atomic mass is 79.9. The van der Waals surface area contributed by atoms with Gasteiger partial charge in [0.05, 0.1) is 4.83 Å². The highest BCUT2D eigenvalue weighted by Gasteiger charge is 2.20. The molecule has 1 aromatic heterocycles. The number of aryl methyl sites for hydroxylation is 4. The first-order chi connectivity index (χ1) is 10.1. The summed E-state index contributed by atoms with van der Waals surface area (Å²) < 4.78 is 0. The van der Waals surface area contributed by atoms with Crippen LogP contribution < -0.4 is 0 Å². The Kier molecular flexibility index (Phi) is 3.20. The van der Waals surface area contributed by atoms with E-state index in [0.717, 1.165) is 0 Å². The van der Waals surface area contributed by atoms with E-state index in [1.807, 2.05) is 11.3 Å². The Morgan fingerprint density at radius 1 is 1.05 bits per heavy atom. The van der Waals surface area contributed by atoms with E-state index < -0.39 is 0 Å². The third kappa shape index (κ3) is 2.08. The standard InChI is InChI=1S/C19H17BrS/c1-11-10-17(21-12(11)2)19(20)16-9-8-14-7-6-13-4-3-5-15(16)18(13)14/h3-5,8-10,19H,6-7H2,1-2H3. The van der Waals surface area contributed by atoms with Gasteiger partial charge in [-0.05, 0) is 65.8 Å². The Morgan fingerprint density at radius 3 is 2.52 bits per heavy atom. The van der Waals surface area contributed by atoms with Gasteiger partial charge in [0.25, 0.3) is 0 Å². The van der Waals surface area contributed by atoms with Crippen LogP contribution in [0, 0.1) is 13.8 Å². The minimum atomic E-state index is 0.291. The molecule has 2 aromatic carbocycles. The molecule has 21 heavy (non-hydrogen) atoms. The number of rotatable bonds is 2. The van der Waals surface area contributed by atoms with Crippen LogP contribution in [0.2, 0.25) is 0 Å². The minimum Gasteiger partial charge on any atom is -0.144 e. The van der Waals surface area contributed by atoms with Crippen molar-refractivity contribution in [2.45, 2.75) is 31.5 Å². The molecule has 1 aliphatic carbocycles. The van der Waals surface area contributed by atoms with Gasteiger partial charge in [0, 0.05) is 9.75 Å². The quantitative estimate of drug-likeness (QED) is 0.486. The second-order valence-electron chi connectivity index (χ2n) is 5.90. The summed E-state index contributed by atoms with van der Waals surface area (Å²) in [7, 11) is 0. The van der Waals surface area contributed by atoms with Crippen molar-refractivity contribution in [3.05, 3.63) is 68.4 Å². The zero-order valence-corrected chi connectivity index (χ0v) is 14.6. The SMILES string of the molecule is Cc1cc(C(Br)c2ccc3c4c(cccc24)CC3)sc1C. The van der Waals surface area contributed by atoms with E-state index in [4.69, 9.17) is 0 Å². The third-order valence-electron chi connectivity index (χ3n) is 4.62. The van der Waals surface area contributed by atoms with Crippen LogP contribution in [0.3, 0.4) is 0 Å². The molecule has 0 bridgehead atoms. The Bertz CT molecular complexity index is 814. The number of hydrogen-bond donors (Lipinski definition) is 0. The van der Waals surface area contributed by atoms with Gasteiger partial charge >= 0.3 is 0 Å². The molecule has 0 aliphatic heterocycles. The molecule has 0 N–H and O–H groups in total. The number of thiophene rings is 1. The van der Waals surface area contributed by atoms with Gasteiger partial charge in [-0.3, -0.25) is 0 Å². The second kappa shape index (κ2) is 4.96. The lowest BCUT2D eigenvalue weighted by molar-refractivity contribution is 1.02. The van der Waals surface area contributed by atoms with E-state index >= 15 is 0 Å². The Labute approximate surface area is 137 Å². The smallest absolute Gasteiger partial charge is 0.0744 e. The predicted octanol–water partition coefficient (Wildman–Crippen LogP) is 6.10. The van der Waals surface area contributed by atoms with Crippen molar-refractivity contribution in [2.75, 3.05) is 0 Å². The molecule has 1 unspecified atom stereocenters. The summed E-state index contributed by atoms with van der Waals surface area (Å²) in [6, 6.07) is 13.7. The predicted molar refractivity (Wildman–Crippen MR) is 95.9 cm³/mol. The summed E-state index contributed by atoms with van der Waals surface area (Å²) in [5, 5.41) is 2.93. The molecule has 1 heterocycles. The van der Waals surface area contributed by atoms with Gasteiger partial charge in [-0.2, -0.15) is 0 Å². The van der Waals surface area contributed by atoms with E-state index in [1.165, 1.54) is 55.6 Å². The van der Waals surface area contributed by atoms with Gasteiger partial charge < -0.3 is 0 Å². The lowest BCUT2D eigenvalue weighted by atomic mass is 9.97. The monoisotopic (exact) mass is 356 g/mol. The normalized spacial score (nSPS) is 14.8. The number of benzene rings is 2. The van der Waals surface area contributed by atoms with E-state index in [2.05, 4.69) is 66.2 Å². The molecular weight excluding hydrogens is 340 g/mol. The molecule has 2 heteroatoms. The lowest BCUT2D eigenvalue weighted by Crippen LogP contribution is -1.93. The number of halogens is 1. The Balaban J connectivity index is 1.91. The summed E-state index contributed by atoms with van der Waals surface area (Å²) in [6.07, 6.45) is 2.39. The van der Waals surface area contributed by atoms with Crippen molar-refractivity contribution in [1.29, 1.82) is 0 Å². The van der Waals surface area contributed by atoms with Gasteiger partial charge in [0.15, 0.2) is 0 Å². The maximum atomic E-state index is 3.94. The van der Waals surface area contributed by atoms with Crippen molar-refractivity contribution in [3.63, 3.8) is 0 Å². The third-order valence-corrected chi connectivity index (χ3v) is 7.13. The van der Waals surface area contributed by atoms with Crippen molar-refractivity contribution in [2.24, 2.45) is 0 Å². The Morgan fingerprint density at radius 2 is 1.81 bits per heavy atom. The molecule has 0 spiro atoms. The molecule has 0 saturated heterocycles. The first kappa shape index (κ1) is 13.5. The Hall–Kier alpha value is -1.12. The van der Waals surface area contributed by atoms with E-state index in [9.17, 15) is 0 Å². The average Bonchev–Trinajstić information content (AvgIpc) is 3.05. The first-order valence-electron chi connectivity index (χ1n) is 7.39. The minimum absolute atomic E-state index is 0.291. The first-order valence-corrected chi connectivity index (χ1v) is 9.13. The van der Waals surface area contributed by atoms with Crippen LogP contribution in [-0.4, -0.2) is 0 Å². The number of hydrogen-bond acceptors (Lipinski definition) is 1. The molecule has 0 nitrogen and oxygen atoms in total. The fourth-order valence-electron chi connectivity index (χ4n) is 3.37. The second-order valence-corrected chi connectivity index (χ2v) is 8.11. The molecular formula is C19H17BrS. The topological polar surface area (TPSA) is 0 Å². The highest BCUT2D eigenvalue weighted by Crippen LogP contribution is 2.42. The summed E-state index contributed by atoms with van der Waals surface area (Å²) >= 11 is 5.85. The van der Waals surface area contributed by atoms with Crippen LogP contribution in [0.1, 0.15) is 36.8 Å². The van der Waals surface area contributed by atoms with Gasteiger partial charge in [-0.1, -0.05) is 46.3 Å². The van der Waals surface area contributed by atoms with Crippen molar-refractivity contribution in [3.8, 4) is 0 Å². The highest BCUT2D eigenvalue weighted by molar-refractivity contribution is 9.09. The molecule has 1 aliphatic rings. The summed E-state index contributed by atoms with van der Waals surface area (Å²) in [4.78, 5) is 3.11. The zero-order valence-electron chi connectivity index (χ0n) is 12.2. The molecule has 106 valence electrons. The maximum absolute atomic E-state index is 3.94. The fraction of sp³-hybridized carbons (Fsp3) is 0.263. The van der Waals surface area contributed by atoms with Crippen LogP contribution in [0.25, 0.3) is 10.8 Å². The maximum Gasteiger partial charge on any atom is 0.0744 e. The van der Waals surface area contributed by atoms with E-state index in [1.54, 1.807) is 0 Å². The summed E-state index contributed by atoms with van der Waals surface area (Å²) in [5.41, 5.74) is 5.83. The molecule has 1 atom stereocenters. The van der Waals surface area contributed by atoms with Crippen LogP contribution in [0.5, 0.6) is 0 Å². The van der Waals surface area contributed by atoms with Crippen LogP contribution in [0.4, 0.5) is 0 Å². The molecule has 0 saturated carbocycles. The molecule has 3 aromatic rings. The molecule has 4 rings (SSSR count). The fourth-order valence-corrected chi connectivity index (χ4v) is 5.22. The van der Waals surface area contributed by atoms with Gasteiger partial charge in [0.1, 0.15) is 0 Å².